The molecule has 96 valence electrons. The Morgan fingerprint density at radius 2 is 2.33 bits per heavy atom. The Kier molecular flexibility index (Phi) is 2.74. The van der Waals surface area contributed by atoms with Crippen LogP contribution in [0.25, 0.3) is 0 Å². The number of ether oxygens (including phenoxy) is 1. The van der Waals surface area contributed by atoms with E-state index in [0.717, 1.165) is 37.4 Å². The summed E-state index contributed by atoms with van der Waals surface area (Å²) in [5, 5.41) is 6.29. The van der Waals surface area contributed by atoms with Crippen LogP contribution in [0.5, 0.6) is 0 Å². The lowest BCUT2D eigenvalue weighted by Gasteiger charge is -2.38. The third kappa shape index (κ3) is 2.08. The Morgan fingerprint density at radius 3 is 3.06 bits per heavy atom. The first-order valence-electron chi connectivity index (χ1n) is 6.39. The molecule has 2 heterocycles. The van der Waals surface area contributed by atoms with Gasteiger partial charge in [0.2, 0.25) is 0 Å². The molecule has 0 unspecified atom stereocenters. The summed E-state index contributed by atoms with van der Waals surface area (Å²) in [6.07, 6.45) is 1.00. The van der Waals surface area contributed by atoms with Crippen LogP contribution in [0.15, 0.2) is 18.2 Å². The van der Waals surface area contributed by atoms with Crippen molar-refractivity contribution in [1.29, 1.82) is 0 Å². The minimum atomic E-state index is 0.0119. The van der Waals surface area contributed by atoms with Crippen molar-refractivity contribution in [2.24, 2.45) is 5.41 Å². The predicted octanol–water partition coefficient (Wildman–Crippen LogP) is 1.42. The van der Waals surface area contributed by atoms with E-state index in [2.05, 4.69) is 17.6 Å². The molecule has 3 rings (SSSR count). The number of rotatable bonds is 3. The van der Waals surface area contributed by atoms with Gasteiger partial charge in [-0.2, -0.15) is 0 Å². The lowest BCUT2D eigenvalue weighted by atomic mass is 9.88. The van der Waals surface area contributed by atoms with Crippen LogP contribution in [0.1, 0.15) is 22.8 Å². The van der Waals surface area contributed by atoms with E-state index in [1.54, 1.807) is 0 Å². The zero-order valence-corrected chi connectivity index (χ0v) is 10.6. The lowest BCUT2D eigenvalue weighted by Crippen LogP contribution is -2.48. The van der Waals surface area contributed by atoms with Crippen LogP contribution >= 0.6 is 0 Å². The first kappa shape index (κ1) is 11.5. The van der Waals surface area contributed by atoms with E-state index in [1.165, 1.54) is 5.56 Å². The minimum Gasteiger partial charge on any atom is -0.384 e. The molecule has 1 aromatic carbocycles. The number of carbonyl (C=O) groups excluding carboxylic acids is 1. The molecule has 0 aliphatic carbocycles. The molecule has 0 saturated carbocycles. The van der Waals surface area contributed by atoms with Gasteiger partial charge in [-0.1, -0.05) is 6.92 Å². The van der Waals surface area contributed by atoms with Crippen molar-refractivity contribution in [3.05, 3.63) is 29.3 Å². The summed E-state index contributed by atoms with van der Waals surface area (Å²) in [6, 6.07) is 5.86. The molecule has 4 nitrogen and oxygen atoms in total. The molecule has 1 aromatic rings. The third-order valence-electron chi connectivity index (χ3n) is 3.65. The zero-order chi connectivity index (χ0) is 12.6. The Balaban J connectivity index is 1.65. The average Bonchev–Trinajstić information content (AvgIpc) is 2.80. The number of amides is 1. The maximum Gasteiger partial charge on any atom is 0.251 e. The highest BCUT2D eigenvalue weighted by atomic mass is 16.5. The summed E-state index contributed by atoms with van der Waals surface area (Å²) in [7, 11) is 0. The SMILES string of the molecule is CC1(CNC(=O)c2ccc3c(c2)CCN3)COC1. The number of nitrogens with one attached hydrogen (secondary N) is 2. The highest BCUT2D eigenvalue weighted by Gasteiger charge is 2.33. The van der Waals surface area contributed by atoms with Crippen molar-refractivity contribution in [1.82, 2.24) is 5.32 Å². The number of hydrogen-bond donors (Lipinski definition) is 2. The van der Waals surface area contributed by atoms with Crippen molar-refractivity contribution in [3.63, 3.8) is 0 Å². The predicted molar refractivity (Wildman–Crippen MR) is 69.9 cm³/mol. The molecule has 1 amide bonds. The molecular formula is C14H18N2O2. The third-order valence-corrected chi connectivity index (χ3v) is 3.65. The van der Waals surface area contributed by atoms with Gasteiger partial charge in [-0.25, -0.2) is 0 Å². The first-order chi connectivity index (χ1) is 8.66. The second-order valence-electron chi connectivity index (χ2n) is 5.53. The van der Waals surface area contributed by atoms with Crippen LogP contribution < -0.4 is 10.6 Å². The van der Waals surface area contributed by atoms with Crippen molar-refractivity contribution in [2.75, 3.05) is 31.6 Å². The van der Waals surface area contributed by atoms with Gasteiger partial charge in [-0.05, 0) is 30.2 Å². The van der Waals surface area contributed by atoms with Crippen molar-refractivity contribution >= 4 is 11.6 Å². The van der Waals surface area contributed by atoms with Crippen molar-refractivity contribution in [3.8, 4) is 0 Å². The fourth-order valence-electron chi connectivity index (χ4n) is 2.39. The molecule has 18 heavy (non-hydrogen) atoms. The van der Waals surface area contributed by atoms with Crippen LogP contribution in [0.3, 0.4) is 0 Å². The quantitative estimate of drug-likeness (QED) is 0.848. The van der Waals surface area contributed by atoms with Gasteiger partial charge in [0.25, 0.3) is 5.91 Å². The summed E-state index contributed by atoms with van der Waals surface area (Å²) in [6.45, 7) is 5.25. The molecule has 0 radical (unpaired) electrons. The Labute approximate surface area is 107 Å². The van der Waals surface area contributed by atoms with Crippen LogP contribution in [0, 0.1) is 5.41 Å². The van der Waals surface area contributed by atoms with Crippen LogP contribution in [0.2, 0.25) is 0 Å². The fourth-order valence-corrected chi connectivity index (χ4v) is 2.39. The normalized spacial score (nSPS) is 19.6. The van der Waals surface area contributed by atoms with Crippen LogP contribution in [0.4, 0.5) is 5.69 Å². The summed E-state index contributed by atoms with van der Waals surface area (Å²) >= 11 is 0. The van der Waals surface area contributed by atoms with E-state index in [9.17, 15) is 4.79 Å². The summed E-state index contributed by atoms with van der Waals surface area (Å²) in [4.78, 5) is 12.1. The largest absolute Gasteiger partial charge is 0.384 e. The van der Waals surface area contributed by atoms with E-state index in [0.29, 0.717) is 6.54 Å². The molecular weight excluding hydrogens is 228 g/mol. The maximum absolute atomic E-state index is 12.1. The number of anilines is 1. The summed E-state index contributed by atoms with van der Waals surface area (Å²) < 4.78 is 5.18. The smallest absolute Gasteiger partial charge is 0.251 e. The van der Waals surface area contributed by atoms with E-state index >= 15 is 0 Å². The highest BCUT2D eigenvalue weighted by molar-refractivity contribution is 5.95. The minimum absolute atomic E-state index is 0.0119. The first-order valence-corrected chi connectivity index (χ1v) is 6.39. The molecule has 0 bridgehead atoms. The van der Waals surface area contributed by atoms with E-state index < -0.39 is 0 Å². The molecule has 0 aromatic heterocycles. The van der Waals surface area contributed by atoms with Crippen molar-refractivity contribution in [2.45, 2.75) is 13.3 Å². The monoisotopic (exact) mass is 246 g/mol. The molecule has 2 aliphatic heterocycles. The molecule has 1 saturated heterocycles. The van der Waals surface area contributed by atoms with Gasteiger partial charge in [-0.15, -0.1) is 0 Å². The van der Waals surface area contributed by atoms with Gasteiger partial charge >= 0.3 is 0 Å². The number of carbonyl (C=O) groups is 1. The van der Waals surface area contributed by atoms with Crippen molar-refractivity contribution < 1.29 is 9.53 Å². The molecule has 2 N–H and O–H groups in total. The fraction of sp³-hybridized carbons (Fsp3) is 0.500. The molecule has 2 aliphatic rings. The Bertz CT molecular complexity index is 481. The van der Waals surface area contributed by atoms with Gasteiger partial charge in [0, 0.05) is 29.8 Å². The number of hydrogen-bond acceptors (Lipinski definition) is 3. The number of fused-ring (bicyclic) bond motifs is 1. The van der Waals surface area contributed by atoms with E-state index in [4.69, 9.17) is 4.74 Å². The second kappa shape index (κ2) is 4.28. The van der Waals surface area contributed by atoms with Crippen LogP contribution in [-0.2, 0) is 11.2 Å². The van der Waals surface area contributed by atoms with Gasteiger partial charge in [0.1, 0.15) is 0 Å². The van der Waals surface area contributed by atoms with Gasteiger partial charge in [0.05, 0.1) is 13.2 Å². The van der Waals surface area contributed by atoms with E-state index in [-0.39, 0.29) is 11.3 Å². The summed E-state index contributed by atoms with van der Waals surface area (Å²) in [5.41, 5.74) is 3.27. The van der Waals surface area contributed by atoms with Gasteiger partial charge in [0.15, 0.2) is 0 Å². The lowest BCUT2D eigenvalue weighted by molar-refractivity contribution is -0.0978. The van der Waals surface area contributed by atoms with Gasteiger partial charge in [-0.3, -0.25) is 4.79 Å². The van der Waals surface area contributed by atoms with Crippen LogP contribution in [-0.4, -0.2) is 32.2 Å². The maximum atomic E-state index is 12.1. The summed E-state index contributed by atoms with van der Waals surface area (Å²) in [5.74, 6) is 0.0119. The zero-order valence-electron chi connectivity index (χ0n) is 10.6. The Hall–Kier alpha value is -1.55. The molecule has 4 heteroatoms. The topological polar surface area (TPSA) is 50.4 Å². The van der Waals surface area contributed by atoms with Gasteiger partial charge < -0.3 is 15.4 Å². The number of benzene rings is 1. The second-order valence-corrected chi connectivity index (χ2v) is 5.53. The molecule has 0 atom stereocenters. The highest BCUT2D eigenvalue weighted by Crippen LogP contribution is 2.26. The van der Waals surface area contributed by atoms with E-state index in [1.807, 2.05) is 18.2 Å². The standard InChI is InChI=1S/C14H18N2O2/c1-14(8-18-9-14)7-16-13(17)11-2-3-12-10(6-11)4-5-15-12/h2-3,6,15H,4-5,7-9H2,1H3,(H,16,17). The average molecular weight is 246 g/mol. The Morgan fingerprint density at radius 1 is 1.50 bits per heavy atom. The molecule has 1 fully saturated rings. The molecule has 0 spiro atoms.